The number of hydrogen-bond donors (Lipinski definition) is 1. The third kappa shape index (κ3) is 3.70. The molecule has 3 aromatic carbocycles. The Morgan fingerprint density at radius 2 is 1.80 bits per heavy atom. The van der Waals surface area contributed by atoms with Crippen molar-refractivity contribution >= 4 is 22.5 Å². The zero-order valence-corrected chi connectivity index (χ0v) is 20.2. The Morgan fingerprint density at radius 3 is 2.60 bits per heavy atom. The summed E-state index contributed by atoms with van der Waals surface area (Å²) in [6.45, 7) is 6.86. The summed E-state index contributed by atoms with van der Waals surface area (Å²) in [6.07, 6.45) is 1.30. The van der Waals surface area contributed by atoms with Gasteiger partial charge in [-0.1, -0.05) is 68.4 Å². The lowest BCUT2D eigenvalue weighted by atomic mass is 9.73. The number of fused-ring (bicyclic) bond motifs is 2. The van der Waals surface area contributed by atoms with E-state index in [1.165, 1.54) is 0 Å². The van der Waals surface area contributed by atoms with E-state index in [0.717, 1.165) is 45.3 Å². The van der Waals surface area contributed by atoms with Gasteiger partial charge in [-0.15, -0.1) is 5.10 Å². The second-order valence-corrected chi connectivity index (χ2v) is 10.1. The largest absolute Gasteiger partial charge is 0.494 e. The topological polar surface area (TPSA) is 69.0 Å². The molecule has 2 aliphatic rings. The molecule has 1 N–H and O–H groups in total. The van der Waals surface area contributed by atoms with Gasteiger partial charge in [-0.3, -0.25) is 4.79 Å². The summed E-state index contributed by atoms with van der Waals surface area (Å²) in [4.78, 5) is 18.4. The van der Waals surface area contributed by atoms with Crippen LogP contribution in [0.5, 0.6) is 5.75 Å². The van der Waals surface area contributed by atoms with E-state index >= 15 is 0 Å². The number of Topliss-reactive ketones (excluding diaryl/α,β-unsaturated/α-hetero) is 1. The minimum Gasteiger partial charge on any atom is -0.494 e. The summed E-state index contributed by atoms with van der Waals surface area (Å²) < 4.78 is 7.53. The number of carbonyl (C=O) groups excluding carboxylic acids is 1. The molecule has 0 bridgehead atoms. The smallest absolute Gasteiger partial charge is 0.226 e. The van der Waals surface area contributed by atoms with Crippen LogP contribution in [-0.4, -0.2) is 27.2 Å². The van der Waals surface area contributed by atoms with Crippen molar-refractivity contribution < 1.29 is 9.53 Å². The van der Waals surface area contributed by atoms with Gasteiger partial charge in [0.1, 0.15) is 11.8 Å². The summed E-state index contributed by atoms with van der Waals surface area (Å²) in [5.41, 5.74) is 3.60. The molecule has 6 heteroatoms. The van der Waals surface area contributed by atoms with Gasteiger partial charge in [-0.25, -0.2) is 4.68 Å². The Balaban J connectivity index is 1.51. The van der Waals surface area contributed by atoms with Crippen LogP contribution in [0.1, 0.15) is 45.2 Å². The quantitative estimate of drug-likeness (QED) is 0.392. The number of ketones is 1. The molecule has 6 nitrogen and oxygen atoms in total. The predicted octanol–water partition coefficient (Wildman–Crippen LogP) is 6.16. The van der Waals surface area contributed by atoms with Gasteiger partial charge in [0.15, 0.2) is 11.6 Å². The molecule has 0 fully saturated rings. The van der Waals surface area contributed by atoms with Crippen molar-refractivity contribution in [1.29, 1.82) is 0 Å². The summed E-state index contributed by atoms with van der Waals surface area (Å²) in [7, 11) is 0. The van der Waals surface area contributed by atoms with Gasteiger partial charge in [-0.2, -0.15) is 4.98 Å². The van der Waals surface area contributed by atoms with Crippen molar-refractivity contribution in [3.8, 4) is 17.1 Å². The number of rotatable bonds is 4. The molecule has 1 aliphatic carbocycles. The van der Waals surface area contributed by atoms with Gasteiger partial charge in [0.05, 0.1) is 6.61 Å². The lowest BCUT2D eigenvalue weighted by Gasteiger charge is -2.38. The second-order valence-electron chi connectivity index (χ2n) is 10.1. The Kier molecular flexibility index (Phi) is 4.99. The summed E-state index contributed by atoms with van der Waals surface area (Å²) in [5.74, 6) is 2.28. The molecule has 1 aliphatic heterocycles. The average Bonchev–Trinajstić information content (AvgIpc) is 3.26. The van der Waals surface area contributed by atoms with E-state index in [0.29, 0.717) is 24.8 Å². The normalized spacial score (nSPS) is 18.7. The number of aromatic nitrogens is 3. The van der Waals surface area contributed by atoms with Crippen molar-refractivity contribution in [2.24, 2.45) is 5.41 Å². The Morgan fingerprint density at radius 1 is 1.03 bits per heavy atom. The standard InChI is InChI=1S/C29H28N4O2/c1-4-35-20-14-12-19(13-15-20)26-25-23(16-29(2,3)17-24(25)34)30-28-31-27(32-33(26)28)22-11-7-9-18-8-5-6-10-21(18)22/h5-15,26H,4,16-17H2,1-3H3,(H,30,31,32). The summed E-state index contributed by atoms with van der Waals surface area (Å²) in [5, 5.41) is 10.7. The lowest BCUT2D eigenvalue weighted by molar-refractivity contribution is -0.118. The number of nitrogens with zero attached hydrogens (tertiary/aromatic N) is 3. The first-order valence-corrected chi connectivity index (χ1v) is 12.1. The van der Waals surface area contributed by atoms with E-state index in [2.05, 4.69) is 43.4 Å². The SMILES string of the molecule is CCOc1ccc(C2C3=C(CC(C)(C)CC3=O)Nc3nc(-c4cccc5ccccc45)nn32)cc1. The van der Waals surface area contributed by atoms with Gasteiger partial charge in [0.25, 0.3) is 0 Å². The molecule has 0 saturated heterocycles. The molecule has 1 unspecified atom stereocenters. The zero-order valence-electron chi connectivity index (χ0n) is 20.2. The molecule has 1 aromatic heterocycles. The zero-order chi connectivity index (χ0) is 24.2. The van der Waals surface area contributed by atoms with Crippen LogP contribution in [0.4, 0.5) is 5.95 Å². The van der Waals surface area contributed by atoms with Crippen LogP contribution in [0.15, 0.2) is 78.0 Å². The number of anilines is 1. The number of allylic oxidation sites excluding steroid dienone is 2. The molecule has 0 saturated carbocycles. The first-order valence-electron chi connectivity index (χ1n) is 12.1. The molecule has 0 amide bonds. The molecular formula is C29H28N4O2. The summed E-state index contributed by atoms with van der Waals surface area (Å²) in [6, 6.07) is 22.1. The highest BCUT2D eigenvalue weighted by molar-refractivity contribution is 6.00. The van der Waals surface area contributed by atoms with Crippen LogP contribution < -0.4 is 10.1 Å². The monoisotopic (exact) mass is 464 g/mol. The second kappa shape index (κ2) is 8.08. The van der Waals surface area contributed by atoms with E-state index in [-0.39, 0.29) is 17.2 Å². The first kappa shape index (κ1) is 21.6. The molecule has 6 rings (SSSR count). The molecule has 1 atom stereocenters. The number of benzene rings is 3. The molecule has 176 valence electrons. The Bertz CT molecular complexity index is 1480. The van der Waals surface area contributed by atoms with Crippen LogP contribution in [0.3, 0.4) is 0 Å². The lowest BCUT2D eigenvalue weighted by Crippen LogP contribution is -2.36. The number of hydrogen-bond acceptors (Lipinski definition) is 5. The minimum absolute atomic E-state index is 0.104. The third-order valence-electron chi connectivity index (χ3n) is 6.87. The molecule has 0 spiro atoms. The van der Waals surface area contributed by atoms with Crippen LogP contribution >= 0.6 is 0 Å². The van der Waals surface area contributed by atoms with Gasteiger partial charge in [0, 0.05) is 23.3 Å². The molecule has 4 aromatic rings. The Hall–Kier alpha value is -3.93. The van der Waals surface area contributed by atoms with E-state index in [9.17, 15) is 4.79 Å². The molecule has 35 heavy (non-hydrogen) atoms. The number of nitrogens with one attached hydrogen (secondary N) is 1. The third-order valence-corrected chi connectivity index (χ3v) is 6.87. The fourth-order valence-electron chi connectivity index (χ4n) is 5.36. The maximum absolute atomic E-state index is 13.5. The van der Waals surface area contributed by atoms with Crippen molar-refractivity contribution in [2.45, 2.75) is 39.7 Å². The molecular weight excluding hydrogens is 436 g/mol. The Labute approximate surface area is 204 Å². The van der Waals surface area contributed by atoms with E-state index < -0.39 is 0 Å². The van der Waals surface area contributed by atoms with E-state index in [1.807, 2.05) is 54.1 Å². The summed E-state index contributed by atoms with van der Waals surface area (Å²) >= 11 is 0. The fourth-order valence-corrected chi connectivity index (χ4v) is 5.36. The van der Waals surface area contributed by atoms with Crippen LogP contribution in [0.25, 0.3) is 22.2 Å². The van der Waals surface area contributed by atoms with E-state index in [1.54, 1.807) is 0 Å². The van der Waals surface area contributed by atoms with Crippen molar-refractivity contribution in [3.63, 3.8) is 0 Å². The van der Waals surface area contributed by atoms with Crippen molar-refractivity contribution in [1.82, 2.24) is 14.8 Å². The number of carbonyl (C=O) groups is 1. The maximum atomic E-state index is 13.5. The molecule has 0 radical (unpaired) electrons. The number of ether oxygens (including phenoxy) is 1. The van der Waals surface area contributed by atoms with Gasteiger partial charge >= 0.3 is 0 Å². The fraction of sp³-hybridized carbons (Fsp3) is 0.276. The first-order chi connectivity index (χ1) is 16.9. The van der Waals surface area contributed by atoms with Gasteiger partial charge in [0.2, 0.25) is 5.95 Å². The van der Waals surface area contributed by atoms with Gasteiger partial charge < -0.3 is 10.1 Å². The van der Waals surface area contributed by atoms with E-state index in [4.69, 9.17) is 14.8 Å². The molecule has 2 heterocycles. The van der Waals surface area contributed by atoms with Gasteiger partial charge in [-0.05, 0) is 47.2 Å². The maximum Gasteiger partial charge on any atom is 0.226 e. The highest BCUT2D eigenvalue weighted by Crippen LogP contribution is 2.46. The minimum atomic E-state index is -0.336. The highest BCUT2D eigenvalue weighted by Gasteiger charge is 2.42. The van der Waals surface area contributed by atoms with Crippen molar-refractivity contribution in [3.05, 3.63) is 83.6 Å². The highest BCUT2D eigenvalue weighted by atomic mass is 16.5. The van der Waals surface area contributed by atoms with Crippen LogP contribution in [0, 0.1) is 5.41 Å². The van der Waals surface area contributed by atoms with Crippen LogP contribution in [-0.2, 0) is 4.79 Å². The van der Waals surface area contributed by atoms with Crippen LogP contribution in [0.2, 0.25) is 0 Å². The predicted molar refractivity (Wildman–Crippen MR) is 137 cm³/mol. The van der Waals surface area contributed by atoms with Crippen molar-refractivity contribution in [2.75, 3.05) is 11.9 Å². The average molecular weight is 465 g/mol.